The van der Waals surface area contributed by atoms with Crippen LogP contribution in [-0.4, -0.2) is 77.2 Å². The molecule has 5 aromatic rings. The Bertz CT molecular complexity index is 2230. The number of nitrogens with zero attached hydrogens (tertiary/aromatic N) is 7. The minimum atomic E-state index is -3.19. The van der Waals surface area contributed by atoms with Gasteiger partial charge in [-0.25, -0.2) is 36.8 Å². The number of aliphatic imine (C=N–C) groups is 1. The highest BCUT2D eigenvalue weighted by Crippen LogP contribution is 2.39. The van der Waals surface area contributed by atoms with Gasteiger partial charge in [0.1, 0.15) is 33.3 Å². The van der Waals surface area contributed by atoms with Crippen molar-refractivity contribution in [2.75, 3.05) is 30.9 Å². The summed E-state index contributed by atoms with van der Waals surface area (Å²) < 4.78 is 49.9. The molecule has 0 unspecified atom stereocenters. The predicted octanol–water partition coefficient (Wildman–Crippen LogP) is 4.35. The van der Waals surface area contributed by atoms with E-state index < -0.39 is 20.0 Å². The van der Waals surface area contributed by atoms with Gasteiger partial charge in [-0.1, -0.05) is 17.7 Å². The molecule has 0 amide bonds. The first-order chi connectivity index (χ1) is 21.5. The van der Waals surface area contributed by atoms with Crippen LogP contribution in [0.15, 0.2) is 35.8 Å². The smallest absolute Gasteiger partial charge is 0.211 e. The molecule has 0 radical (unpaired) electrons. The lowest BCUT2D eigenvalue weighted by molar-refractivity contribution is 0.400. The Balaban J connectivity index is 0.000000157. The molecule has 17 heteroatoms. The molecule has 45 heavy (non-hydrogen) atoms. The number of fused-ring (bicyclic) bond motifs is 7. The summed E-state index contributed by atoms with van der Waals surface area (Å²) in [6.45, 7) is 2.53. The van der Waals surface area contributed by atoms with Crippen LogP contribution in [0, 0.1) is 0 Å². The number of thiophene rings is 2. The number of rotatable bonds is 4. The van der Waals surface area contributed by atoms with E-state index >= 15 is 0 Å². The van der Waals surface area contributed by atoms with Crippen LogP contribution in [0.5, 0.6) is 0 Å². The zero-order valence-electron chi connectivity index (χ0n) is 24.2. The number of hydrogen-bond acceptors (Lipinski definition) is 12. The highest BCUT2D eigenvalue weighted by atomic mass is 35.5. The second-order valence-electron chi connectivity index (χ2n) is 11.0. The molecule has 234 valence electrons. The average Bonchev–Trinajstić information content (AvgIpc) is 3.71. The van der Waals surface area contributed by atoms with Gasteiger partial charge in [0.25, 0.3) is 0 Å². The summed E-state index contributed by atoms with van der Waals surface area (Å²) in [4.78, 5) is 25.1. The molecule has 0 bridgehead atoms. The number of aromatic nitrogens is 4. The summed E-state index contributed by atoms with van der Waals surface area (Å²) in [7, 11) is -6.34. The summed E-state index contributed by atoms with van der Waals surface area (Å²) in [6, 6.07) is 6.19. The molecule has 0 fully saturated rings. The number of halogens is 1. The van der Waals surface area contributed by atoms with Crippen molar-refractivity contribution in [3.05, 3.63) is 68.0 Å². The van der Waals surface area contributed by atoms with Crippen molar-refractivity contribution < 1.29 is 16.8 Å². The normalized spacial score (nSPS) is 16.7. The van der Waals surface area contributed by atoms with Crippen molar-refractivity contribution in [1.29, 1.82) is 0 Å². The topological polar surface area (TPSA) is 151 Å². The van der Waals surface area contributed by atoms with Gasteiger partial charge in [-0.15, -0.1) is 22.7 Å². The van der Waals surface area contributed by atoms with Crippen molar-refractivity contribution in [1.82, 2.24) is 28.5 Å². The highest BCUT2D eigenvalue weighted by molar-refractivity contribution is 7.88. The number of hydrogen-bond donors (Lipinski definition) is 1. The SMILES string of the molecule is CS(=O)(=O)N1CCc2c(sc3ncnc(Cl)c23)C1.CS(=O)(=O)N1CCc2c(sc3ncnc(Nc4ccc5c(c4)C=NC5)c23)C1. The molecule has 8 rings (SSSR count). The van der Waals surface area contributed by atoms with Gasteiger partial charge in [0.2, 0.25) is 20.0 Å². The van der Waals surface area contributed by atoms with E-state index in [1.165, 1.54) is 44.3 Å². The minimum Gasteiger partial charge on any atom is -0.340 e. The zero-order valence-corrected chi connectivity index (χ0v) is 28.2. The third-order valence-corrected chi connectivity index (χ3v) is 13.0. The van der Waals surface area contributed by atoms with Crippen molar-refractivity contribution in [2.45, 2.75) is 32.5 Å². The second-order valence-corrected chi connectivity index (χ2v) is 17.4. The van der Waals surface area contributed by atoms with Crippen LogP contribution in [0.25, 0.3) is 20.4 Å². The maximum absolute atomic E-state index is 11.9. The van der Waals surface area contributed by atoms with Crippen LogP contribution in [-0.2, 0) is 52.5 Å². The van der Waals surface area contributed by atoms with Crippen molar-refractivity contribution >= 4 is 92.5 Å². The van der Waals surface area contributed by atoms with Gasteiger partial charge in [-0.2, -0.15) is 8.61 Å². The molecule has 0 atom stereocenters. The monoisotopic (exact) mass is 702 g/mol. The third-order valence-electron chi connectivity index (χ3n) is 8.00. The maximum atomic E-state index is 11.9. The third kappa shape index (κ3) is 5.95. The fourth-order valence-electron chi connectivity index (χ4n) is 5.75. The lowest BCUT2D eigenvalue weighted by Crippen LogP contribution is -2.34. The molecule has 0 aliphatic carbocycles. The van der Waals surface area contributed by atoms with Crippen LogP contribution in [0.1, 0.15) is 32.0 Å². The Labute approximate surface area is 272 Å². The minimum absolute atomic E-state index is 0.407. The van der Waals surface area contributed by atoms with Crippen LogP contribution < -0.4 is 5.32 Å². The van der Waals surface area contributed by atoms with Crippen molar-refractivity contribution in [3.63, 3.8) is 0 Å². The van der Waals surface area contributed by atoms with E-state index in [2.05, 4.69) is 42.4 Å². The fraction of sp³-hybridized carbons (Fsp3) is 0.321. The summed E-state index contributed by atoms with van der Waals surface area (Å²) in [6.07, 6.45) is 8.70. The number of benzene rings is 1. The summed E-state index contributed by atoms with van der Waals surface area (Å²) in [5.41, 5.74) is 5.56. The Morgan fingerprint density at radius 3 is 2.07 bits per heavy atom. The largest absolute Gasteiger partial charge is 0.340 e. The lowest BCUT2D eigenvalue weighted by atomic mass is 10.1. The first-order valence-electron chi connectivity index (χ1n) is 13.9. The Morgan fingerprint density at radius 1 is 0.822 bits per heavy atom. The number of nitrogens with one attached hydrogen (secondary N) is 1. The second kappa shape index (κ2) is 11.6. The average molecular weight is 703 g/mol. The van der Waals surface area contributed by atoms with E-state index in [1.54, 1.807) is 17.7 Å². The first kappa shape index (κ1) is 30.5. The summed E-state index contributed by atoms with van der Waals surface area (Å²) in [5.74, 6) is 0.764. The maximum Gasteiger partial charge on any atom is 0.211 e. The zero-order chi connectivity index (χ0) is 31.5. The number of sulfonamides is 2. The van der Waals surface area contributed by atoms with Crippen LogP contribution >= 0.6 is 34.3 Å². The standard InChI is InChI=1S/C18H17N5O2S2.C10H10ClN3O2S2/c1-27(24,25)23-5-4-14-15(9-23)26-18-16(14)17(20-10-21-18)22-13-3-2-11-7-19-8-12(11)6-13;1-18(15,16)14-3-2-6-7(4-14)17-10-8(6)9(11)12-5-13-10/h2-3,6,8,10H,4-5,7,9H2,1H3,(H,20,21,22);5H,2-4H2,1H3. The molecule has 0 saturated carbocycles. The van der Waals surface area contributed by atoms with E-state index in [4.69, 9.17) is 11.6 Å². The van der Waals surface area contributed by atoms with Crippen LogP contribution in [0.3, 0.4) is 0 Å². The Hall–Kier alpha value is -3.12. The number of anilines is 2. The van der Waals surface area contributed by atoms with E-state index in [9.17, 15) is 16.8 Å². The lowest BCUT2D eigenvalue weighted by Gasteiger charge is -2.24. The van der Waals surface area contributed by atoms with Gasteiger partial charge < -0.3 is 5.32 Å². The van der Waals surface area contributed by atoms with Crippen molar-refractivity contribution in [3.8, 4) is 0 Å². The molecule has 7 heterocycles. The fourth-order valence-corrected chi connectivity index (χ4v) is 10.2. The van der Waals surface area contributed by atoms with Gasteiger partial charge in [-0.05, 0) is 47.2 Å². The quantitative estimate of drug-likeness (QED) is 0.270. The van der Waals surface area contributed by atoms with Gasteiger partial charge in [0, 0.05) is 47.8 Å². The molecule has 1 aromatic carbocycles. The molecular weight excluding hydrogens is 676 g/mol. The van der Waals surface area contributed by atoms with Crippen LogP contribution in [0.4, 0.5) is 11.5 Å². The Kier molecular flexibility index (Phi) is 7.87. The van der Waals surface area contributed by atoms with E-state index in [1.807, 2.05) is 12.3 Å². The molecule has 3 aliphatic heterocycles. The molecule has 4 aromatic heterocycles. The molecule has 3 aliphatic rings. The van der Waals surface area contributed by atoms with Gasteiger partial charge in [0.05, 0.1) is 29.8 Å². The molecule has 0 saturated heterocycles. The van der Waals surface area contributed by atoms with Crippen LogP contribution in [0.2, 0.25) is 5.15 Å². The van der Waals surface area contributed by atoms with E-state index in [-0.39, 0.29) is 0 Å². The van der Waals surface area contributed by atoms with E-state index in [0.717, 1.165) is 64.9 Å². The highest BCUT2D eigenvalue weighted by Gasteiger charge is 2.29. The summed E-state index contributed by atoms with van der Waals surface area (Å²) in [5, 5.41) is 5.75. The van der Waals surface area contributed by atoms with E-state index in [0.29, 0.717) is 44.2 Å². The molecule has 1 N–H and O–H groups in total. The molecule has 12 nitrogen and oxygen atoms in total. The van der Waals surface area contributed by atoms with Gasteiger partial charge >= 0.3 is 0 Å². The summed E-state index contributed by atoms with van der Waals surface area (Å²) >= 11 is 9.12. The predicted molar refractivity (Wildman–Crippen MR) is 179 cm³/mol. The Morgan fingerprint density at radius 2 is 1.42 bits per heavy atom. The molecular formula is C28H27ClN8O4S4. The van der Waals surface area contributed by atoms with Gasteiger partial charge in [-0.3, -0.25) is 4.99 Å². The first-order valence-corrected chi connectivity index (χ1v) is 19.6. The molecule has 0 spiro atoms. The van der Waals surface area contributed by atoms with Gasteiger partial charge in [0.15, 0.2) is 0 Å². The van der Waals surface area contributed by atoms with Crippen molar-refractivity contribution in [2.24, 2.45) is 4.99 Å².